The summed E-state index contributed by atoms with van der Waals surface area (Å²) in [5.74, 6) is 3.40. The van der Waals surface area contributed by atoms with Gasteiger partial charge in [0.2, 0.25) is 5.82 Å². The number of furan rings is 1. The summed E-state index contributed by atoms with van der Waals surface area (Å²) in [6, 6.07) is 9.40. The molecule has 0 saturated carbocycles. The molecule has 0 fully saturated rings. The van der Waals surface area contributed by atoms with Crippen LogP contribution in [0.25, 0.3) is 17.3 Å². The van der Waals surface area contributed by atoms with E-state index in [0.29, 0.717) is 23.1 Å². The summed E-state index contributed by atoms with van der Waals surface area (Å²) >= 11 is 1.49. The van der Waals surface area contributed by atoms with Crippen molar-refractivity contribution in [3.05, 3.63) is 36.1 Å². The second kappa shape index (κ2) is 6.37. The molecule has 0 N–H and O–H groups in total. The second-order valence-corrected chi connectivity index (χ2v) is 5.54. The van der Waals surface area contributed by atoms with Crippen molar-refractivity contribution >= 4 is 11.8 Å². The molecule has 0 unspecified atom stereocenters. The lowest BCUT2D eigenvalue weighted by Crippen LogP contribution is -2.04. The molecule has 23 heavy (non-hydrogen) atoms. The standard InChI is InChI=1S/C16H17N3O3S/c1-10-8-9-13(22-10)15-17-18-16(23-4)19(15)14-11(20-2)6-5-7-12(14)21-3/h5-9H,1-4H3. The van der Waals surface area contributed by atoms with Crippen molar-refractivity contribution < 1.29 is 13.9 Å². The van der Waals surface area contributed by atoms with Gasteiger partial charge in [-0.1, -0.05) is 17.8 Å². The minimum Gasteiger partial charge on any atom is -0.494 e. The topological polar surface area (TPSA) is 62.3 Å². The van der Waals surface area contributed by atoms with Gasteiger partial charge in [0, 0.05) is 0 Å². The van der Waals surface area contributed by atoms with Crippen molar-refractivity contribution in [1.82, 2.24) is 14.8 Å². The molecule has 3 rings (SSSR count). The number of ether oxygens (including phenoxy) is 2. The Bertz CT molecular complexity index is 804. The van der Waals surface area contributed by atoms with Gasteiger partial charge in [-0.25, -0.2) is 0 Å². The molecule has 2 aromatic heterocycles. The van der Waals surface area contributed by atoms with Crippen molar-refractivity contribution in [3.63, 3.8) is 0 Å². The van der Waals surface area contributed by atoms with Crippen molar-refractivity contribution in [1.29, 1.82) is 0 Å². The average molecular weight is 331 g/mol. The molecular weight excluding hydrogens is 314 g/mol. The molecule has 120 valence electrons. The third kappa shape index (κ3) is 2.68. The second-order valence-electron chi connectivity index (χ2n) is 4.77. The van der Waals surface area contributed by atoms with E-state index in [9.17, 15) is 0 Å². The quantitative estimate of drug-likeness (QED) is 0.666. The first-order valence-electron chi connectivity index (χ1n) is 6.97. The fraction of sp³-hybridized carbons (Fsp3) is 0.250. The minimum absolute atomic E-state index is 0.602. The largest absolute Gasteiger partial charge is 0.494 e. The number of aryl methyl sites for hydroxylation is 1. The SMILES string of the molecule is COc1cccc(OC)c1-n1c(SC)nnc1-c1ccc(C)o1. The van der Waals surface area contributed by atoms with E-state index in [2.05, 4.69) is 10.2 Å². The van der Waals surface area contributed by atoms with Crippen LogP contribution in [0, 0.1) is 6.92 Å². The number of nitrogens with zero attached hydrogens (tertiary/aromatic N) is 3. The van der Waals surface area contributed by atoms with Crippen molar-refractivity contribution in [3.8, 4) is 28.8 Å². The van der Waals surface area contributed by atoms with Crippen LogP contribution in [0.1, 0.15) is 5.76 Å². The molecule has 0 radical (unpaired) electrons. The Morgan fingerprint density at radius 3 is 2.26 bits per heavy atom. The van der Waals surface area contributed by atoms with Crippen LogP contribution in [0.15, 0.2) is 39.9 Å². The molecule has 0 amide bonds. The fourth-order valence-electron chi connectivity index (χ4n) is 2.37. The summed E-state index contributed by atoms with van der Waals surface area (Å²) in [5, 5.41) is 9.26. The molecule has 7 heteroatoms. The summed E-state index contributed by atoms with van der Waals surface area (Å²) in [7, 11) is 3.25. The molecule has 2 heterocycles. The van der Waals surface area contributed by atoms with Crippen LogP contribution in [-0.4, -0.2) is 35.2 Å². The summed E-state index contributed by atoms with van der Waals surface area (Å²) in [6.45, 7) is 1.89. The minimum atomic E-state index is 0.602. The summed E-state index contributed by atoms with van der Waals surface area (Å²) in [6.07, 6.45) is 1.94. The molecule has 0 aliphatic carbocycles. The Labute approximate surface area is 138 Å². The predicted octanol–water partition coefficient (Wildman–Crippen LogP) is 3.57. The molecule has 0 aliphatic rings. The first-order valence-corrected chi connectivity index (χ1v) is 8.19. The third-order valence-corrected chi connectivity index (χ3v) is 4.03. The first-order chi connectivity index (χ1) is 11.2. The van der Waals surface area contributed by atoms with E-state index in [4.69, 9.17) is 13.9 Å². The van der Waals surface area contributed by atoms with Crippen LogP contribution in [0.4, 0.5) is 0 Å². The lowest BCUT2D eigenvalue weighted by Gasteiger charge is -2.16. The Morgan fingerprint density at radius 1 is 1.04 bits per heavy atom. The van der Waals surface area contributed by atoms with Gasteiger partial charge in [-0.05, 0) is 37.4 Å². The van der Waals surface area contributed by atoms with Crippen LogP contribution in [0.5, 0.6) is 11.5 Å². The normalized spacial score (nSPS) is 10.8. The van der Waals surface area contributed by atoms with Crippen molar-refractivity contribution in [2.24, 2.45) is 0 Å². The van der Waals surface area contributed by atoms with Gasteiger partial charge < -0.3 is 13.9 Å². The van der Waals surface area contributed by atoms with Gasteiger partial charge in [-0.15, -0.1) is 10.2 Å². The number of hydrogen-bond donors (Lipinski definition) is 0. The smallest absolute Gasteiger partial charge is 0.205 e. The maximum atomic E-state index is 5.72. The highest BCUT2D eigenvalue weighted by atomic mass is 32.2. The van der Waals surface area contributed by atoms with Gasteiger partial charge in [0.15, 0.2) is 10.9 Å². The zero-order valence-corrected chi connectivity index (χ0v) is 14.2. The molecule has 1 aromatic carbocycles. The maximum Gasteiger partial charge on any atom is 0.205 e. The van der Waals surface area contributed by atoms with Crippen LogP contribution in [-0.2, 0) is 0 Å². The Morgan fingerprint density at radius 2 is 1.74 bits per heavy atom. The number of aromatic nitrogens is 3. The van der Waals surface area contributed by atoms with E-state index in [1.54, 1.807) is 14.2 Å². The third-order valence-electron chi connectivity index (χ3n) is 3.40. The molecular formula is C16H17N3O3S. The van der Waals surface area contributed by atoms with Crippen LogP contribution >= 0.6 is 11.8 Å². The Hall–Kier alpha value is -2.41. The van der Waals surface area contributed by atoms with Gasteiger partial charge >= 0.3 is 0 Å². The highest BCUT2D eigenvalue weighted by Gasteiger charge is 2.23. The molecule has 0 spiro atoms. The molecule has 3 aromatic rings. The molecule has 0 aliphatic heterocycles. The van der Waals surface area contributed by atoms with Gasteiger partial charge in [0.1, 0.15) is 22.9 Å². The number of rotatable bonds is 5. The highest BCUT2D eigenvalue weighted by molar-refractivity contribution is 7.98. The van der Waals surface area contributed by atoms with E-state index in [1.807, 2.05) is 48.1 Å². The van der Waals surface area contributed by atoms with Gasteiger partial charge in [-0.3, -0.25) is 4.57 Å². The van der Waals surface area contributed by atoms with Gasteiger partial charge in [0.25, 0.3) is 0 Å². The molecule has 0 bridgehead atoms. The van der Waals surface area contributed by atoms with E-state index in [-0.39, 0.29) is 0 Å². The number of para-hydroxylation sites is 1. The van der Waals surface area contributed by atoms with Gasteiger partial charge in [-0.2, -0.15) is 0 Å². The van der Waals surface area contributed by atoms with E-state index in [0.717, 1.165) is 16.6 Å². The number of methoxy groups -OCH3 is 2. The summed E-state index contributed by atoms with van der Waals surface area (Å²) in [4.78, 5) is 0. The first kappa shape index (κ1) is 15.5. The van der Waals surface area contributed by atoms with Crippen LogP contribution in [0.2, 0.25) is 0 Å². The molecule has 0 saturated heterocycles. The van der Waals surface area contributed by atoms with E-state index >= 15 is 0 Å². The average Bonchev–Trinajstić information content (AvgIpc) is 3.19. The van der Waals surface area contributed by atoms with Crippen LogP contribution in [0.3, 0.4) is 0 Å². The molecule has 0 atom stereocenters. The number of hydrogen-bond acceptors (Lipinski definition) is 6. The zero-order valence-electron chi connectivity index (χ0n) is 13.4. The maximum absolute atomic E-state index is 5.72. The van der Waals surface area contributed by atoms with Crippen molar-refractivity contribution in [2.45, 2.75) is 12.1 Å². The van der Waals surface area contributed by atoms with E-state index < -0.39 is 0 Å². The summed E-state index contributed by atoms with van der Waals surface area (Å²) < 4.78 is 18.6. The predicted molar refractivity (Wildman–Crippen MR) is 88.7 cm³/mol. The lowest BCUT2D eigenvalue weighted by molar-refractivity contribution is 0.390. The van der Waals surface area contributed by atoms with E-state index in [1.165, 1.54) is 11.8 Å². The Kier molecular flexibility index (Phi) is 4.29. The lowest BCUT2D eigenvalue weighted by atomic mass is 10.2. The highest BCUT2D eigenvalue weighted by Crippen LogP contribution is 2.38. The molecule has 6 nitrogen and oxygen atoms in total. The van der Waals surface area contributed by atoms with Gasteiger partial charge in [0.05, 0.1) is 14.2 Å². The van der Waals surface area contributed by atoms with Crippen LogP contribution < -0.4 is 9.47 Å². The fourth-order valence-corrected chi connectivity index (χ4v) is 2.85. The summed E-state index contributed by atoms with van der Waals surface area (Å²) in [5.41, 5.74) is 0.746. The monoisotopic (exact) mass is 331 g/mol. The Balaban J connectivity index is 2.30. The zero-order chi connectivity index (χ0) is 16.4. The number of benzene rings is 1. The number of thioether (sulfide) groups is 1. The van der Waals surface area contributed by atoms with Crippen molar-refractivity contribution in [2.75, 3.05) is 20.5 Å².